The molecule has 2 aromatic carbocycles. The average Bonchev–Trinajstić information content (AvgIpc) is 2.92. The van der Waals surface area contributed by atoms with Crippen LogP contribution in [0, 0.1) is 13.8 Å². The molecule has 0 spiro atoms. The van der Waals surface area contributed by atoms with Crippen LogP contribution in [0.15, 0.2) is 63.6 Å². The molecule has 3 rings (SSSR count). The summed E-state index contributed by atoms with van der Waals surface area (Å²) in [7, 11) is 0. The Labute approximate surface area is 143 Å². The standard InChI is InChI=1S/C18H16N4O3/c1-11-3-7-13(8-4-11)19-20-15-16(18(24)25)21-22(17(15)23)14-9-5-12(2)6-10-14/h3-10,21H,1-2H3,(H,24,25). The second-order valence-corrected chi connectivity index (χ2v) is 5.65. The molecule has 0 radical (unpaired) electrons. The molecular weight excluding hydrogens is 320 g/mol. The summed E-state index contributed by atoms with van der Waals surface area (Å²) in [5.74, 6) is -1.28. The van der Waals surface area contributed by atoms with E-state index >= 15 is 0 Å². The number of H-pyrrole nitrogens is 1. The Morgan fingerprint density at radius 3 is 2.08 bits per heavy atom. The molecule has 0 aliphatic carbocycles. The van der Waals surface area contributed by atoms with Gasteiger partial charge in [0.2, 0.25) is 0 Å². The van der Waals surface area contributed by atoms with E-state index in [4.69, 9.17) is 0 Å². The van der Waals surface area contributed by atoms with Crippen LogP contribution in [0.5, 0.6) is 0 Å². The van der Waals surface area contributed by atoms with Crippen molar-refractivity contribution >= 4 is 17.3 Å². The summed E-state index contributed by atoms with van der Waals surface area (Å²) >= 11 is 0. The summed E-state index contributed by atoms with van der Waals surface area (Å²) in [4.78, 5) is 24.0. The smallest absolute Gasteiger partial charge is 0.356 e. The van der Waals surface area contributed by atoms with E-state index in [1.807, 2.05) is 38.1 Å². The summed E-state index contributed by atoms with van der Waals surface area (Å²) in [6.07, 6.45) is 0. The predicted molar refractivity (Wildman–Crippen MR) is 93.4 cm³/mol. The lowest BCUT2D eigenvalue weighted by Gasteiger charge is -2.01. The molecule has 3 aromatic rings. The van der Waals surface area contributed by atoms with E-state index in [9.17, 15) is 14.7 Å². The maximum Gasteiger partial charge on any atom is 0.356 e. The highest BCUT2D eigenvalue weighted by molar-refractivity contribution is 5.90. The van der Waals surface area contributed by atoms with Crippen LogP contribution in [0.3, 0.4) is 0 Å². The number of nitrogens with one attached hydrogen (secondary N) is 1. The molecule has 126 valence electrons. The minimum Gasteiger partial charge on any atom is -0.476 e. The lowest BCUT2D eigenvalue weighted by Crippen LogP contribution is -2.13. The SMILES string of the molecule is Cc1ccc(N=Nc2c(C(=O)O)[nH]n(-c3ccc(C)cc3)c2=O)cc1. The molecule has 25 heavy (non-hydrogen) atoms. The fourth-order valence-electron chi connectivity index (χ4n) is 2.27. The zero-order valence-electron chi connectivity index (χ0n) is 13.7. The number of rotatable bonds is 4. The molecule has 0 aliphatic rings. The van der Waals surface area contributed by atoms with Crippen molar-refractivity contribution in [1.29, 1.82) is 0 Å². The first-order valence-corrected chi connectivity index (χ1v) is 7.59. The van der Waals surface area contributed by atoms with Crippen molar-refractivity contribution in [2.45, 2.75) is 13.8 Å². The second kappa shape index (κ2) is 6.56. The molecule has 2 N–H and O–H groups in total. The van der Waals surface area contributed by atoms with E-state index in [-0.39, 0.29) is 11.4 Å². The molecule has 0 amide bonds. The number of aromatic amines is 1. The van der Waals surface area contributed by atoms with Gasteiger partial charge in [-0.25, -0.2) is 9.48 Å². The predicted octanol–water partition coefficient (Wildman–Crippen LogP) is 3.90. The number of aromatic nitrogens is 2. The molecule has 0 saturated carbocycles. The highest BCUT2D eigenvalue weighted by Gasteiger charge is 2.20. The van der Waals surface area contributed by atoms with Crippen LogP contribution in [0.4, 0.5) is 11.4 Å². The van der Waals surface area contributed by atoms with Crippen LogP contribution in [-0.4, -0.2) is 20.9 Å². The number of nitrogens with zero attached hydrogens (tertiary/aromatic N) is 3. The van der Waals surface area contributed by atoms with Crippen molar-refractivity contribution in [3.05, 3.63) is 75.7 Å². The van der Waals surface area contributed by atoms with Crippen molar-refractivity contribution in [2.75, 3.05) is 0 Å². The minimum atomic E-state index is -1.28. The fourth-order valence-corrected chi connectivity index (χ4v) is 2.27. The number of aryl methyl sites for hydroxylation is 2. The highest BCUT2D eigenvalue weighted by atomic mass is 16.4. The quantitative estimate of drug-likeness (QED) is 0.707. The van der Waals surface area contributed by atoms with Gasteiger partial charge in [-0.1, -0.05) is 35.4 Å². The number of carboxylic acids is 1. The van der Waals surface area contributed by atoms with Crippen molar-refractivity contribution < 1.29 is 9.90 Å². The van der Waals surface area contributed by atoms with Crippen LogP contribution >= 0.6 is 0 Å². The number of azo groups is 1. The first-order chi connectivity index (χ1) is 12.0. The summed E-state index contributed by atoms with van der Waals surface area (Å²) in [5, 5.41) is 19.8. The monoisotopic (exact) mass is 336 g/mol. The van der Waals surface area contributed by atoms with Gasteiger partial charge in [-0.05, 0) is 38.1 Å². The highest BCUT2D eigenvalue weighted by Crippen LogP contribution is 2.20. The zero-order valence-corrected chi connectivity index (χ0v) is 13.7. The van der Waals surface area contributed by atoms with Gasteiger partial charge in [0, 0.05) is 0 Å². The molecule has 0 atom stereocenters. The molecular formula is C18H16N4O3. The van der Waals surface area contributed by atoms with Crippen LogP contribution in [-0.2, 0) is 0 Å². The van der Waals surface area contributed by atoms with Crippen LogP contribution in [0.25, 0.3) is 5.69 Å². The molecule has 0 fully saturated rings. The van der Waals surface area contributed by atoms with Crippen molar-refractivity contribution in [1.82, 2.24) is 9.78 Å². The zero-order chi connectivity index (χ0) is 18.0. The Balaban J connectivity index is 2.06. The number of aromatic carboxylic acids is 1. The second-order valence-electron chi connectivity index (χ2n) is 5.65. The van der Waals surface area contributed by atoms with Gasteiger partial charge in [0.05, 0.1) is 11.4 Å². The maximum absolute atomic E-state index is 12.6. The van der Waals surface area contributed by atoms with Gasteiger partial charge in [0.15, 0.2) is 11.4 Å². The summed E-state index contributed by atoms with van der Waals surface area (Å²) in [6.45, 7) is 3.86. The fraction of sp³-hybridized carbons (Fsp3) is 0.111. The van der Waals surface area contributed by atoms with E-state index in [0.29, 0.717) is 11.4 Å². The summed E-state index contributed by atoms with van der Waals surface area (Å²) < 4.78 is 1.15. The van der Waals surface area contributed by atoms with E-state index in [1.165, 1.54) is 0 Å². The van der Waals surface area contributed by atoms with E-state index in [1.54, 1.807) is 24.3 Å². The van der Waals surface area contributed by atoms with Crippen molar-refractivity contribution in [2.24, 2.45) is 10.2 Å². The number of hydrogen-bond acceptors (Lipinski definition) is 4. The molecule has 0 unspecified atom stereocenters. The van der Waals surface area contributed by atoms with Gasteiger partial charge in [-0.15, -0.1) is 5.11 Å². The maximum atomic E-state index is 12.6. The van der Waals surface area contributed by atoms with E-state index in [0.717, 1.165) is 15.8 Å². The summed E-state index contributed by atoms with van der Waals surface area (Å²) in [5.41, 5.74) is 2.03. The Hall–Kier alpha value is -3.48. The summed E-state index contributed by atoms with van der Waals surface area (Å²) in [6, 6.07) is 14.3. The molecule has 1 aromatic heterocycles. The van der Waals surface area contributed by atoms with Crippen molar-refractivity contribution in [3.63, 3.8) is 0 Å². The normalized spacial score (nSPS) is 11.1. The Kier molecular flexibility index (Phi) is 4.30. The third kappa shape index (κ3) is 3.40. The molecule has 0 saturated heterocycles. The van der Waals surface area contributed by atoms with Gasteiger partial charge in [-0.3, -0.25) is 9.89 Å². The number of carboxylic acid groups (broad SMARTS) is 1. The molecule has 7 heteroatoms. The number of carbonyl (C=O) groups is 1. The first kappa shape index (κ1) is 16.4. The Morgan fingerprint density at radius 1 is 0.960 bits per heavy atom. The van der Waals surface area contributed by atoms with Gasteiger partial charge in [0.1, 0.15) is 0 Å². The van der Waals surface area contributed by atoms with Crippen LogP contribution < -0.4 is 5.56 Å². The topological polar surface area (TPSA) is 99.8 Å². The van der Waals surface area contributed by atoms with Crippen LogP contribution in [0.2, 0.25) is 0 Å². The van der Waals surface area contributed by atoms with Crippen LogP contribution in [0.1, 0.15) is 21.6 Å². The molecule has 7 nitrogen and oxygen atoms in total. The van der Waals surface area contributed by atoms with E-state index in [2.05, 4.69) is 15.3 Å². The average molecular weight is 336 g/mol. The molecule has 1 heterocycles. The van der Waals surface area contributed by atoms with Crippen molar-refractivity contribution in [3.8, 4) is 5.69 Å². The van der Waals surface area contributed by atoms with Gasteiger partial charge >= 0.3 is 5.97 Å². The van der Waals surface area contributed by atoms with E-state index < -0.39 is 11.5 Å². The van der Waals surface area contributed by atoms with Gasteiger partial charge in [0.25, 0.3) is 5.56 Å². The van der Waals surface area contributed by atoms with Gasteiger partial charge < -0.3 is 5.11 Å². The lowest BCUT2D eigenvalue weighted by molar-refractivity contribution is 0.0691. The largest absolute Gasteiger partial charge is 0.476 e. The Morgan fingerprint density at radius 2 is 1.52 bits per heavy atom. The number of benzene rings is 2. The minimum absolute atomic E-state index is 0.242. The third-order valence-corrected chi connectivity index (χ3v) is 3.67. The lowest BCUT2D eigenvalue weighted by atomic mass is 10.2. The third-order valence-electron chi connectivity index (χ3n) is 3.67. The Bertz CT molecular complexity index is 996. The number of hydrogen-bond donors (Lipinski definition) is 2. The van der Waals surface area contributed by atoms with Gasteiger partial charge in [-0.2, -0.15) is 5.11 Å². The molecule has 0 aliphatic heterocycles. The molecule has 0 bridgehead atoms. The first-order valence-electron chi connectivity index (χ1n) is 7.59.